The first kappa shape index (κ1) is 11.5. The highest BCUT2D eigenvalue weighted by Crippen LogP contribution is 2.32. The standard InChI is InChI=1S/C14H21NO/c1-3-14(16,4-2)13-10-9-11-7-5-6-8-12(11)15-13/h5-8,13,15-16H,3-4,9-10H2,1-2H3. The SMILES string of the molecule is CCC(O)(CC)C1CCc2ccccc2N1. The molecule has 1 aliphatic rings. The van der Waals surface area contributed by atoms with Crippen molar-refractivity contribution in [3.8, 4) is 0 Å². The molecular formula is C14H21NO. The molecule has 0 saturated heterocycles. The summed E-state index contributed by atoms with van der Waals surface area (Å²) in [5, 5.41) is 14.0. The molecule has 0 radical (unpaired) electrons. The van der Waals surface area contributed by atoms with Crippen LogP contribution in [0, 0.1) is 0 Å². The van der Waals surface area contributed by atoms with Crippen molar-refractivity contribution in [3.63, 3.8) is 0 Å². The van der Waals surface area contributed by atoms with Crippen LogP contribution in [0.1, 0.15) is 38.7 Å². The molecule has 1 aliphatic heterocycles. The van der Waals surface area contributed by atoms with Crippen LogP contribution in [0.4, 0.5) is 5.69 Å². The lowest BCUT2D eigenvalue weighted by Crippen LogP contribution is -2.47. The fourth-order valence-electron chi connectivity index (χ4n) is 2.58. The van der Waals surface area contributed by atoms with Gasteiger partial charge in [-0.3, -0.25) is 0 Å². The number of rotatable bonds is 3. The van der Waals surface area contributed by atoms with E-state index in [2.05, 4.69) is 37.4 Å². The zero-order valence-electron chi connectivity index (χ0n) is 10.2. The number of hydrogen-bond donors (Lipinski definition) is 2. The molecule has 0 fully saturated rings. The quantitative estimate of drug-likeness (QED) is 0.819. The van der Waals surface area contributed by atoms with Crippen LogP contribution in [0.15, 0.2) is 24.3 Å². The average molecular weight is 219 g/mol. The molecule has 1 heterocycles. The Kier molecular flexibility index (Phi) is 3.20. The van der Waals surface area contributed by atoms with Crippen LogP contribution in [0.3, 0.4) is 0 Å². The number of benzene rings is 1. The number of aryl methyl sites for hydroxylation is 1. The van der Waals surface area contributed by atoms with Gasteiger partial charge in [0.15, 0.2) is 0 Å². The van der Waals surface area contributed by atoms with Gasteiger partial charge in [0.1, 0.15) is 0 Å². The summed E-state index contributed by atoms with van der Waals surface area (Å²) < 4.78 is 0. The van der Waals surface area contributed by atoms with E-state index < -0.39 is 5.60 Å². The summed E-state index contributed by atoms with van der Waals surface area (Å²) >= 11 is 0. The highest BCUT2D eigenvalue weighted by Gasteiger charge is 2.35. The van der Waals surface area contributed by atoms with Crippen LogP contribution in [0.2, 0.25) is 0 Å². The Morgan fingerprint density at radius 2 is 2.00 bits per heavy atom. The second kappa shape index (κ2) is 4.46. The van der Waals surface area contributed by atoms with Crippen molar-refractivity contribution >= 4 is 5.69 Å². The number of hydrogen-bond acceptors (Lipinski definition) is 2. The molecule has 2 rings (SSSR count). The molecule has 16 heavy (non-hydrogen) atoms. The van der Waals surface area contributed by atoms with Crippen molar-refractivity contribution in [1.82, 2.24) is 0 Å². The molecule has 2 nitrogen and oxygen atoms in total. The highest BCUT2D eigenvalue weighted by molar-refractivity contribution is 5.54. The normalized spacial score (nSPS) is 20.1. The molecule has 0 aliphatic carbocycles. The van der Waals surface area contributed by atoms with Crippen molar-refractivity contribution in [2.45, 2.75) is 51.2 Å². The van der Waals surface area contributed by atoms with Gasteiger partial charge in [-0.25, -0.2) is 0 Å². The average Bonchev–Trinajstić information content (AvgIpc) is 2.37. The fraction of sp³-hybridized carbons (Fsp3) is 0.571. The van der Waals surface area contributed by atoms with Crippen molar-refractivity contribution in [1.29, 1.82) is 0 Å². The first-order valence-electron chi connectivity index (χ1n) is 6.26. The van der Waals surface area contributed by atoms with Crippen LogP contribution in [0.5, 0.6) is 0 Å². The predicted octanol–water partition coefficient (Wildman–Crippen LogP) is 2.96. The number of para-hydroxylation sites is 1. The summed E-state index contributed by atoms with van der Waals surface area (Å²) in [6, 6.07) is 8.58. The monoisotopic (exact) mass is 219 g/mol. The lowest BCUT2D eigenvalue weighted by atomic mass is 9.82. The van der Waals surface area contributed by atoms with E-state index in [1.807, 2.05) is 6.07 Å². The summed E-state index contributed by atoms with van der Waals surface area (Å²) in [5.74, 6) is 0. The Balaban J connectivity index is 2.19. The number of anilines is 1. The van der Waals surface area contributed by atoms with E-state index in [1.165, 1.54) is 11.3 Å². The van der Waals surface area contributed by atoms with Gasteiger partial charge in [-0.15, -0.1) is 0 Å². The zero-order chi connectivity index (χ0) is 11.6. The van der Waals surface area contributed by atoms with Gasteiger partial charge in [0.05, 0.1) is 11.6 Å². The van der Waals surface area contributed by atoms with Crippen LogP contribution in [-0.4, -0.2) is 16.7 Å². The molecule has 2 heteroatoms. The maximum atomic E-state index is 10.5. The molecule has 0 bridgehead atoms. The molecule has 1 aromatic carbocycles. The molecule has 0 spiro atoms. The minimum absolute atomic E-state index is 0.192. The molecule has 0 saturated carbocycles. The Labute approximate surface area is 97.7 Å². The minimum atomic E-state index is -0.562. The Bertz CT molecular complexity index is 358. The second-order valence-electron chi connectivity index (χ2n) is 4.70. The van der Waals surface area contributed by atoms with Crippen molar-refractivity contribution < 1.29 is 5.11 Å². The highest BCUT2D eigenvalue weighted by atomic mass is 16.3. The Morgan fingerprint density at radius 3 is 2.69 bits per heavy atom. The third-order valence-corrected chi connectivity index (χ3v) is 3.92. The lowest BCUT2D eigenvalue weighted by Gasteiger charge is -2.39. The van der Waals surface area contributed by atoms with Gasteiger partial charge in [0.2, 0.25) is 0 Å². The third-order valence-electron chi connectivity index (χ3n) is 3.92. The van der Waals surface area contributed by atoms with Crippen LogP contribution >= 0.6 is 0 Å². The van der Waals surface area contributed by atoms with Crippen molar-refractivity contribution in [2.75, 3.05) is 5.32 Å². The predicted molar refractivity (Wildman–Crippen MR) is 67.7 cm³/mol. The third kappa shape index (κ3) is 1.94. The minimum Gasteiger partial charge on any atom is -0.388 e. The fourth-order valence-corrected chi connectivity index (χ4v) is 2.58. The van der Waals surface area contributed by atoms with E-state index >= 15 is 0 Å². The van der Waals surface area contributed by atoms with Crippen LogP contribution in [0.25, 0.3) is 0 Å². The molecule has 0 amide bonds. The number of aliphatic hydroxyl groups is 1. The van der Waals surface area contributed by atoms with Gasteiger partial charge in [0.25, 0.3) is 0 Å². The molecule has 2 N–H and O–H groups in total. The molecule has 88 valence electrons. The topological polar surface area (TPSA) is 32.3 Å². The summed E-state index contributed by atoms with van der Waals surface area (Å²) in [4.78, 5) is 0. The van der Waals surface area contributed by atoms with Gasteiger partial charge in [-0.2, -0.15) is 0 Å². The van der Waals surface area contributed by atoms with Gasteiger partial charge < -0.3 is 10.4 Å². The summed E-state index contributed by atoms with van der Waals surface area (Å²) in [7, 11) is 0. The van der Waals surface area contributed by atoms with E-state index in [0.717, 1.165) is 25.7 Å². The van der Waals surface area contributed by atoms with E-state index in [1.54, 1.807) is 0 Å². The first-order chi connectivity index (χ1) is 7.69. The van der Waals surface area contributed by atoms with Gasteiger partial charge in [0, 0.05) is 5.69 Å². The number of fused-ring (bicyclic) bond motifs is 1. The molecule has 1 unspecified atom stereocenters. The first-order valence-corrected chi connectivity index (χ1v) is 6.26. The maximum Gasteiger partial charge on any atom is 0.0842 e. The largest absolute Gasteiger partial charge is 0.388 e. The van der Waals surface area contributed by atoms with Crippen molar-refractivity contribution in [2.24, 2.45) is 0 Å². The van der Waals surface area contributed by atoms with Gasteiger partial charge >= 0.3 is 0 Å². The molecule has 0 aromatic heterocycles. The molecule has 1 atom stereocenters. The number of nitrogens with one attached hydrogen (secondary N) is 1. The summed E-state index contributed by atoms with van der Waals surface area (Å²) in [6.07, 6.45) is 3.71. The van der Waals surface area contributed by atoms with Crippen LogP contribution in [-0.2, 0) is 6.42 Å². The van der Waals surface area contributed by atoms with E-state index in [9.17, 15) is 5.11 Å². The van der Waals surface area contributed by atoms with E-state index in [0.29, 0.717) is 0 Å². The van der Waals surface area contributed by atoms with Gasteiger partial charge in [-0.1, -0.05) is 32.0 Å². The maximum absolute atomic E-state index is 10.5. The van der Waals surface area contributed by atoms with Gasteiger partial charge in [-0.05, 0) is 37.3 Å². The Morgan fingerprint density at radius 1 is 1.31 bits per heavy atom. The van der Waals surface area contributed by atoms with Crippen molar-refractivity contribution in [3.05, 3.63) is 29.8 Å². The zero-order valence-corrected chi connectivity index (χ0v) is 10.2. The van der Waals surface area contributed by atoms with E-state index in [4.69, 9.17) is 0 Å². The summed E-state index contributed by atoms with van der Waals surface area (Å²) in [6.45, 7) is 4.12. The summed E-state index contributed by atoms with van der Waals surface area (Å²) in [5.41, 5.74) is 2.00. The second-order valence-corrected chi connectivity index (χ2v) is 4.70. The smallest absolute Gasteiger partial charge is 0.0842 e. The Hall–Kier alpha value is -1.02. The lowest BCUT2D eigenvalue weighted by molar-refractivity contribution is 0.00970. The van der Waals surface area contributed by atoms with Crippen LogP contribution < -0.4 is 5.32 Å². The van der Waals surface area contributed by atoms with E-state index in [-0.39, 0.29) is 6.04 Å². The molecular weight excluding hydrogens is 198 g/mol. The molecule has 1 aromatic rings.